The predicted molar refractivity (Wildman–Crippen MR) is 86.6 cm³/mol. The number of fused-ring (bicyclic) bond motifs is 1. The monoisotopic (exact) mass is 336 g/mol. The van der Waals surface area contributed by atoms with Crippen LogP contribution >= 0.6 is 0 Å². The van der Waals surface area contributed by atoms with Crippen molar-refractivity contribution in [1.82, 2.24) is 5.32 Å². The minimum absolute atomic E-state index is 0.0239. The summed E-state index contributed by atoms with van der Waals surface area (Å²) in [5, 5.41) is 6.76. The number of carbonyl (C=O) groups excluding carboxylic acids is 1. The molecule has 0 fully saturated rings. The first-order chi connectivity index (χ1) is 10.9. The van der Waals surface area contributed by atoms with E-state index in [0.717, 1.165) is 16.8 Å². The molecule has 0 bridgehead atoms. The zero-order valence-corrected chi connectivity index (χ0v) is 14.0. The van der Waals surface area contributed by atoms with Gasteiger partial charge < -0.3 is 10.2 Å². The molecule has 2 aliphatic rings. The van der Waals surface area contributed by atoms with Crippen molar-refractivity contribution in [3.8, 4) is 0 Å². The summed E-state index contributed by atoms with van der Waals surface area (Å²) in [4.78, 5) is 17.6. The average molecular weight is 336 g/mol. The molecule has 1 N–H and O–H groups in total. The van der Waals surface area contributed by atoms with Gasteiger partial charge in [-0.25, -0.2) is 8.42 Å². The second kappa shape index (κ2) is 5.96. The van der Waals surface area contributed by atoms with E-state index in [-0.39, 0.29) is 23.3 Å². The van der Waals surface area contributed by atoms with Gasteiger partial charge in [-0.1, -0.05) is 43.3 Å². The normalized spacial score (nSPS) is 25.4. The van der Waals surface area contributed by atoms with Gasteiger partial charge in [0.2, 0.25) is 6.10 Å². The number of rotatable bonds is 3. The second-order valence-electron chi connectivity index (χ2n) is 6.35. The van der Waals surface area contributed by atoms with Gasteiger partial charge in [-0.3, -0.25) is 4.79 Å². The number of oxime groups is 1. The molecule has 2 heterocycles. The highest BCUT2D eigenvalue weighted by Gasteiger charge is 2.35. The van der Waals surface area contributed by atoms with E-state index in [1.165, 1.54) is 0 Å². The number of sulfone groups is 1. The van der Waals surface area contributed by atoms with Crippen molar-refractivity contribution in [3.05, 3.63) is 35.4 Å². The maximum absolute atomic E-state index is 12.4. The molecule has 6 nitrogen and oxygen atoms in total. The Hall–Kier alpha value is -1.89. The number of hydrogen-bond acceptors (Lipinski definition) is 5. The Morgan fingerprint density at radius 3 is 2.78 bits per heavy atom. The Kier molecular flexibility index (Phi) is 4.14. The molecule has 23 heavy (non-hydrogen) atoms. The number of nitrogens with one attached hydrogen (secondary N) is 1. The van der Waals surface area contributed by atoms with Crippen LogP contribution in [-0.4, -0.2) is 31.9 Å². The van der Waals surface area contributed by atoms with Gasteiger partial charge in [-0.05, 0) is 17.0 Å². The van der Waals surface area contributed by atoms with Gasteiger partial charge in [0.1, 0.15) is 0 Å². The van der Waals surface area contributed by atoms with E-state index in [2.05, 4.69) is 10.5 Å². The summed E-state index contributed by atoms with van der Waals surface area (Å²) in [6.45, 7) is 3.98. The molecule has 2 aliphatic heterocycles. The lowest BCUT2D eigenvalue weighted by Gasteiger charge is -2.27. The molecule has 1 amide bonds. The summed E-state index contributed by atoms with van der Waals surface area (Å²) in [5.41, 5.74) is 2.45. The van der Waals surface area contributed by atoms with Crippen molar-refractivity contribution in [3.63, 3.8) is 0 Å². The van der Waals surface area contributed by atoms with Crippen LogP contribution in [0.2, 0.25) is 0 Å². The van der Waals surface area contributed by atoms with Gasteiger partial charge in [-0.2, -0.15) is 0 Å². The van der Waals surface area contributed by atoms with Crippen LogP contribution in [0, 0.1) is 5.92 Å². The molecule has 1 aromatic carbocycles. The van der Waals surface area contributed by atoms with Crippen LogP contribution < -0.4 is 5.32 Å². The first-order valence-electron chi connectivity index (χ1n) is 7.67. The van der Waals surface area contributed by atoms with Crippen molar-refractivity contribution < 1.29 is 18.0 Å². The van der Waals surface area contributed by atoms with Gasteiger partial charge in [0, 0.05) is 6.42 Å². The summed E-state index contributed by atoms with van der Waals surface area (Å²) < 4.78 is 24.1. The maximum Gasteiger partial charge on any atom is 0.264 e. The van der Waals surface area contributed by atoms with Gasteiger partial charge in [0.25, 0.3) is 5.91 Å². The van der Waals surface area contributed by atoms with Crippen LogP contribution in [0.25, 0.3) is 0 Å². The first-order valence-corrected chi connectivity index (χ1v) is 9.49. The SMILES string of the molecule is CC(C)C1=NOC(C(=O)NC2CS(=O)(=O)Cc3ccccc32)C1. The lowest BCUT2D eigenvalue weighted by Crippen LogP contribution is -2.42. The molecule has 0 saturated heterocycles. The minimum Gasteiger partial charge on any atom is -0.382 e. The highest BCUT2D eigenvalue weighted by molar-refractivity contribution is 7.90. The highest BCUT2D eigenvalue weighted by Crippen LogP contribution is 2.28. The molecule has 124 valence electrons. The maximum atomic E-state index is 12.4. The molecule has 2 atom stereocenters. The molecule has 3 rings (SSSR count). The first kappa shape index (κ1) is 16.0. The van der Waals surface area contributed by atoms with Crippen molar-refractivity contribution >= 4 is 21.5 Å². The quantitative estimate of drug-likeness (QED) is 0.908. The van der Waals surface area contributed by atoms with E-state index in [0.29, 0.717) is 6.42 Å². The van der Waals surface area contributed by atoms with Crippen LogP contribution in [0.1, 0.15) is 37.4 Å². The van der Waals surface area contributed by atoms with E-state index in [9.17, 15) is 13.2 Å². The fourth-order valence-electron chi connectivity index (χ4n) is 2.91. The Morgan fingerprint density at radius 2 is 2.09 bits per heavy atom. The molecular formula is C16H20N2O4S. The third-order valence-corrected chi connectivity index (χ3v) is 5.79. The topological polar surface area (TPSA) is 84.8 Å². The molecule has 0 spiro atoms. The Morgan fingerprint density at radius 1 is 1.35 bits per heavy atom. The molecule has 0 aromatic heterocycles. The van der Waals surface area contributed by atoms with E-state index < -0.39 is 22.0 Å². The predicted octanol–water partition coefficient (Wildman–Crippen LogP) is 1.57. The summed E-state index contributed by atoms with van der Waals surface area (Å²) in [7, 11) is -3.22. The number of hydrogen-bond donors (Lipinski definition) is 1. The van der Waals surface area contributed by atoms with Crippen molar-refractivity contribution in [2.45, 2.75) is 38.2 Å². The van der Waals surface area contributed by atoms with Crippen LogP contribution in [0.4, 0.5) is 0 Å². The fraction of sp³-hybridized carbons (Fsp3) is 0.500. The van der Waals surface area contributed by atoms with Crippen LogP contribution in [0.15, 0.2) is 29.4 Å². The summed E-state index contributed by atoms with van der Waals surface area (Å²) in [5.74, 6) is -0.152. The smallest absolute Gasteiger partial charge is 0.264 e. The van der Waals surface area contributed by atoms with Crippen molar-refractivity contribution in [2.24, 2.45) is 11.1 Å². The van der Waals surface area contributed by atoms with Gasteiger partial charge in [0.05, 0.1) is 23.3 Å². The van der Waals surface area contributed by atoms with Crippen LogP contribution in [0.3, 0.4) is 0 Å². The molecule has 7 heteroatoms. The zero-order valence-electron chi connectivity index (χ0n) is 13.2. The second-order valence-corrected chi connectivity index (χ2v) is 8.46. The van der Waals surface area contributed by atoms with E-state index in [1.807, 2.05) is 26.0 Å². The molecule has 2 unspecified atom stereocenters. The highest BCUT2D eigenvalue weighted by atomic mass is 32.2. The third-order valence-electron chi connectivity index (χ3n) is 4.19. The van der Waals surface area contributed by atoms with E-state index in [4.69, 9.17) is 4.84 Å². The molecular weight excluding hydrogens is 316 g/mol. The van der Waals surface area contributed by atoms with Crippen molar-refractivity contribution in [1.29, 1.82) is 0 Å². The van der Waals surface area contributed by atoms with Gasteiger partial charge in [0.15, 0.2) is 9.84 Å². The summed E-state index contributed by atoms with van der Waals surface area (Å²) in [6, 6.07) is 6.77. The Bertz CT molecular complexity index is 755. The number of amides is 1. The molecule has 0 saturated carbocycles. The summed E-state index contributed by atoms with van der Waals surface area (Å²) in [6.07, 6.45) is -0.228. The number of carbonyl (C=O) groups is 1. The average Bonchev–Trinajstić information content (AvgIpc) is 2.96. The Balaban J connectivity index is 1.74. The van der Waals surface area contributed by atoms with Crippen molar-refractivity contribution in [2.75, 3.05) is 5.75 Å². The molecule has 0 aliphatic carbocycles. The minimum atomic E-state index is -3.22. The van der Waals surface area contributed by atoms with Crippen LogP contribution in [-0.2, 0) is 25.2 Å². The van der Waals surface area contributed by atoms with Crippen LogP contribution in [0.5, 0.6) is 0 Å². The Labute approximate surface area is 135 Å². The lowest BCUT2D eigenvalue weighted by molar-refractivity contribution is -0.131. The zero-order chi connectivity index (χ0) is 16.6. The van der Waals surface area contributed by atoms with E-state index in [1.54, 1.807) is 12.1 Å². The fourth-order valence-corrected chi connectivity index (χ4v) is 4.53. The molecule has 0 radical (unpaired) electrons. The van der Waals surface area contributed by atoms with Gasteiger partial charge >= 0.3 is 0 Å². The lowest BCUT2D eigenvalue weighted by atomic mass is 10.0. The molecule has 1 aromatic rings. The van der Waals surface area contributed by atoms with Gasteiger partial charge in [-0.15, -0.1) is 0 Å². The number of nitrogens with zero attached hydrogens (tertiary/aromatic N) is 1. The largest absolute Gasteiger partial charge is 0.382 e. The summed E-state index contributed by atoms with van der Waals surface area (Å²) >= 11 is 0. The standard InChI is InChI=1S/C16H20N2O4S/c1-10(2)13-7-15(22-18-13)16(19)17-14-9-23(20,21)8-11-5-3-4-6-12(11)14/h3-6,10,14-15H,7-9H2,1-2H3,(H,17,19). The van der Waals surface area contributed by atoms with E-state index >= 15 is 0 Å². The number of benzene rings is 1. The third kappa shape index (κ3) is 3.39.